The maximum Gasteiger partial charge on any atom is 0.137 e. The third-order valence-corrected chi connectivity index (χ3v) is 3.40. The normalized spacial score (nSPS) is 9.90. The highest BCUT2D eigenvalue weighted by atomic mass is 35.5. The number of hydrogen-bond acceptors (Lipinski definition) is 3. The van der Waals surface area contributed by atoms with Crippen LogP contribution in [-0.2, 0) is 6.54 Å². The first-order valence-electron chi connectivity index (χ1n) is 6.21. The Balaban J connectivity index is 2.09. The van der Waals surface area contributed by atoms with Crippen molar-refractivity contribution in [2.75, 3.05) is 12.4 Å². The highest BCUT2D eigenvalue weighted by Gasteiger charge is 2.03. The molecule has 0 radical (unpaired) electrons. The maximum atomic E-state index is 8.85. The van der Waals surface area contributed by atoms with Crippen LogP contribution >= 0.6 is 11.6 Å². The quantitative estimate of drug-likeness (QED) is 0.919. The van der Waals surface area contributed by atoms with Crippen LogP contribution in [0.2, 0.25) is 5.02 Å². The molecule has 0 aliphatic heterocycles. The second kappa shape index (κ2) is 6.31. The molecule has 0 spiro atoms. The van der Waals surface area contributed by atoms with Gasteiger partial charge in [0.1, 0.15) is 5.75 Å². The number of aryl methyl sites for hydroxylation is 1. The van der Waals surface area contributed by atoms with Crippen LogP contribution in [0, 0.1) is 18.3 Å². The van der Waals surface area contributed by atoms with Gasteiger partial charge in [0.25, 0.3) is 0 Å². The molecule has 0 fully saturated rings. The molecule has 2 aromatic carbocycles. The van der Waals surface area contributed by atoms with Gasteiger partial charge in [0, 0.05) is 12.2 Å². The summed E-state index contributed by atoms with van der Waals surface area (Å²) in [5, 5.41) is 12.7. The minimum Gasteiger partial charge on any atom is -0.495 e. The Morgan fingerprint density at radius 3 is 2.65 bits per heavy atom. The van der Waals surface area contributed by atoms with Crippen molar-refractivity contribution in [2.45, 2.75) is 13.5 Å². The average molecular weight is 287 g/mol. The molecule has 2 aromatic rings. The molecule has 0 saturated carbocycles. The van der Waals surface area contributed by atoms with Crippen molar-refractivity contribution < 1.29 is 4.74 Å². The summed E-state index contributed by atoms with van der Waals surface area (Å²) < 4.78 is 5.12. The first kappa shape index (κ1) is 14.2. The van der Waals surface area contributed by atoms with Gasteiger partial charge in [0.15, 0.2) is 0 Å². The first-order chi connectivity index (χ1) is 9.63. The molecule has 0 unspecified atom stereocenters. The second-order valence-electron chi connectivity index (χ2n) is 4.46. The third-order valence-electron chi connectivity index (χ3n) is 3.11. The van der Waals surface area contributed by atoms with Crippen LogP contribution in [0.15, 0.2) is 36.4 Å². The summed E-state index contributed by atoms with van der Waals surface area (Å²) >= 11 is 6.08. The van der Waals surface area contributed by atoms with Crippen molar-refractivity contribution in [3.63, 3.8) is 0 Å². The van der Waals surface area contributed by atoms with E-state index in [4.69, 9.17) is 21.6 Å². The molecule has 0 heterocycles. The zero-order chi connectivity index (χ0) is 14.5. The van der Waals surface area contributed by atoms with E-state index in [0.717, 1.165) is 16.8 Å². The number of halogens is 1. The topological polar surface area (TPSA) is 45.0 Å². The molecule has 4 heteroatoms. The van der Waals surface area contributed by atoms with Crippen molar-refractivity contribution in [1.82, 2.24) is 0 Å². The Morgan fingerprint density at radius 2 is 2.05 bits per heavy atom. The highest BCUT2D eigenvalue weighted by Crippen LogP contribution is 2.27. The maximum absolute atomic E-state index is 8.85. The zero-order valence-corrected chi connectivity index (χ0v) is 12.2. The van der Waals surface area contributed by atoms with E-state index in [0.29, 0.717) is 22.9 Å². The van der Waals surface area contributed by atoms with Crippen LogP contribution in [0.25, 0.3) is 0 Å². The van der Waals surface area contributed by atoms with Gasteiger partial charge >= 0.3 is 0 Å². The summed E-state index contributed by atoms with van der Waals surface area (Å²) in [6, 6.07) is 13.4. The largest absolute Gasteiger partial charge is 0.495 e. The van der Waals surface area contributed by atoms with Gasteiger partial charge < -0.3 is 10.1 Å². The molecular weight excluding hydrogens is 272 g/mol. The summed E-state index contributed by atoms with van der Waals surface area (Å²) in [6.07, 6.45) is 0. The molecule has 102 valence electrons. The average Bonchev–Trinajstić information content (AvgIpc) is 2.46. The zero-order valence-electron chi connectivity index (χ0n) is 11.4. The fourth-order valence-corrected chi connectivity index (χ4v) is 2.20. The molecule has 0 aliphatic rings. The number of methoxy groups -OCH3 is 1. The lowest BCUT2D eigenvalue weighted by atomic mass is 10.1. The summed E-state index contributed by atoms with van der Waals surface area (Å²) in [6.45, 7) is 2.68. The number of hydrogen-bond donors (Lipinski definition) is 1. The predicted octanol–water partition coefficient (Wildman–Crippen LogP) is 4.14. The van der Waals surface area contributed by atoms with E-state index in [1.807, 2.05) is 43.3 Å². The molecular formula is C16H15ClN2O. The number of rotatable bonds is 4. The van der Waals surface area contributed by atoms with Crippen LogP contribution in [0.1, 0.15) is 16.7 Å². The van der Waals surface area contributed by atoms with Gasteiger partial charge in [0.05, 0.1) is 23.8 Å². The molecule has 0 bridgehead atoms. The van der Waals surface area contributed by atoms with Crippen molar-refractivity contribution in [1.29, 1.82) is 5.26 Å². The highest BCUT2D eigenvalue weighted by molar-refractivity contribution is 6.32. The van der Waals surface area contributed by atoms with Gasteiger partial charge in [-0.05, 0) is 48.4 Å². The Hall–Kier alpha value is -2.18. The van der Waals surface area contributed by atoms with Crippen LogP contribution < -0.4 is 10.1 Å². The molecule has 0 amide bonds. The van der Waals surface area contributed by atoms with E-state index in [1.54, 1.807) is 7.11 Å². The second-order valence-corrected chi connectivity index (χ2v) is 4.86. The van der Waals surface area contributed by atoms with Crippen molar-refractivity contribution in [3.05, 3.63) is 58.1 Å². The minimum atomic E-state index is 0.578. The Labute approximate surface area is 123 Å². The summed E-state index contributed by atoms with van der Waals surface area (Å²) in [5.74, 6) is 0.659. The summed E-state index contributed by atoms with van der Waals surface area (Å²) in [5.41, 5.74) is 3.85. The van der Waals surface area contributed by atoms with Gasteiger partial charge in [-0.15, -0.1) is 0 Å². The van der Waals surface area contributed by atoms with Gasteiger partial charge in [0.2, 0.25) is 0 Å². The number of nitrogens with one attached hydrogen (secondary N) is 1. The lowest BCUT2D eigenvalue weighted by molar-refractivity contribution is 0.415. The van der Waals surface area contributed by atoms with Gasteiger partial charge in [-0.3, -0.25) is 0 Å². The number of benzene rings is 2. The number of nitriles is 1. The Kier molecular flexibility index (Phi) is 4.49. The molecule has 0 aliphatic carbocycles. The van der Waals surface area contributed by atoms with Crippen LogP contribution in [0.3, 0.4) is 0 Å². The monoisotopic (exact) mass is 286 g/mol. The number of ether oxygens (including phenoxy) is 1. The molecule has 1 N–H and O–H groups in total. The Bertz CT molecular complexity index is 662. The fraction of sp³-hybridized carbons (Fsp3) is 0.188. The molecule has 0 aromatic heterocycles. The van der Waals surface area contributed by atoms with E-state index < -0.39 is 0 Å². The lowest BCUT2D eigenvalue weighted by Gasteiger charge is -2.11. The van der Waals surface area contributed by atoms with E-state index >= 15 is 0 Å². The number of anilines is 1. The summed E-state index contributed by atoms with van der Waals surface area (Å²) in [7, 11) is 1.59. The smallest absolute Gasteiger partial charge is 0.137 e. The minimum absolute atomic E-state index is 0.578. The standard InChI is InChI=1S/C16H15ClN2O/c1-11-7-12(9-18)3-4-13(11)10-19-14-5-6-16(20-2)15(17)8-14/h3-8,19H,10H2,1-2H3. The number of nitrogens with zero attached hydrogens (tertiary/aromatic N) is 1. The van der Waals surface area contributed by atoms with Gasteiger partial charge in [-0.1, -0.05) is 17.7 Å². The first-order valence-corrected chi connectivity index (χ1v) is 6.59. The van der Waals surface area contributed by atoms with Crippen molar-refractivity contribution in [2.24, 2.45) is 0 Å². The van der Waals surface area contributed by atoms with Crippen LogP contribution in [0.4, 0.5) is 5.69 Å². The van der Waals surface area contributed by atoms with Gasteiger partial charge in [-0.2, -0.15) is 5.26 Å². The third kappa shape index (κ3) is 3.23. The molecule has 2 rings (SSSR count). The predicted molar refractivity (Wildman–Crippen MR) is 81.2 cm³/mol. The SMILES string of the molecule is COc1ccc(NCc2ccc(C#N)cc2C)cc1Cl. The lowest BCUT2D eigenvalue weighted by Crippen LogP contribution is -2.01. The van der Waals surface area contributed by atoms with Gasteiger partial charge in [-0.25, -0.2) is 0 Å². The van der Waals surface area contributed by atoms with Crippen LogP contribution in [-0.4, -0.2) is 7.11 Å². The Morgan fingerprint density at radius 1 is 1.25 bits per heavy atom. The molecule has 0 atom stereocenters. The van der Waals surface area contributed by atoms with Crippen molar-refractivity contribution >= 4 is 17.3 Å². The summed E-state index contributed by atoms with van der Waals surface area (Å²) in [4.78, 5) is 0. The van der Waals surface area contributed by atoms with Crippen LogP contribution in [0.5, 0.6) is 5.75 Å². The van der Waals surface area contributed by atoms with Crippen molar-refractivity contribution in [3.8, 4) is 11.8 Å². The van der Waals surface area contributed by atoms with E-state index in [2.05, 4.69) is 11.4 Å². The van der Waals surface area contributed by atoms with E-state index in [9.17, 15) is 0 Å². The van der Waals surface area contributed by atoms with E-state index in [-0.39, 0.29) is 0 Å². The molecule has 20 heavy (non-hydrogen) atoms. The van der Waals surface area contributed by atoms with E-state index in [1.165, 1.54) is 0 Å². The fourth-order valence-electron chi connectivity index (χ4n) is 1.94. The molecule has 0 saturated heterocycles. The molecule has 3 nitrogen and oxygen atoms in total.